The fourth-order valence-corrected chi connectivity index (χ4v) is 2.81. The molecule has 6 nitrogen and oxygen atoms in total. The van der Waals surface area contributed by atoms with Gasteiger partial charge in [0.05, 0.1) is 12.5 Å². The lowest BCUT2D eigenvalue weighted by Gasteiger charge is -2.21. The number of carbonyl (C=O) groups is 2. The quantitative estimate of drug-likeness (QED) is 0.622. The van der Waals surface area contributed by atoms with Crippen molar-refractivity contribution in [2.45, 2.75) is 13.3 Å². The van der Waals surface area contributed by atoms with Crippen LogP contribution in [0.2, 0.25) is 0 Å². The monoisotopic (exact) mass is 362 g/mol. The van der Waals surface area contributed by atoms with Gasteiger partial charge in [0, 0.05) is 23.2 Å². The van der Waals surface area contributed by atoms with Crippen molar-refractivity contribution in [3.05, 3.63) is 65.9 Å². The third kappa shape index (κ3) is 3.98. The Bertz CT molecular complexity index is 1000. The second-order valence-corrected chi connectivity index (χ2v) is 5.92. The molecule has 0 radical (unpaired) electrons. The van der Waals surface area contributed by atoms with Gasteiger partial charge in [-0.1, -0.05) is 36.4 Å². The number of esters is 1. The molecule has 0 atom stereocenters. The summed E-state index contributed by atoms with van der Waals surface area (Å²) in [5, 5.41) is 9.65. The number of hydrogen-bond donors (Lipinski definition) is 0. The summed E-state index contributed by atoms with van der Waals surface area (Å²) in [5.74, 6) is -1.00. The van der Waals surface area contributed by atoms with Crippen LogP contribution in [-0.4, -0.2) is 25.0 Å². The molecule has 0 aliphatic heterocycles. The molecule has 0 unspecified atom stereocenters. The first kappa shape index (κ1) is 18.2. The number of furan rings is 1. The molecular formula is C21H18N2O4. The van der Waals surface area contributed by atoms with Crippen molar-refractivity contribution in [2.75, 3.05) is 18.1 Å². The second kappa shape index (κ2) is 8.19. The van der Waals surface area contributed by atoms with Crippen molar-refractivity contribution < 1.29 is 18.7 Å². The van der Waals surface area contributed by atoms with E-state index in [2.05, 4.69) is 0 Å². The first-order valence-corrected chi connectivity index (χ1v) is 8.49. The van der Waals surface area contributed by atoms with Crippen LogP contribution in [0.5, 0.6) is 0 Å². The molecule has 0 saturated heterocycles. The van der Waals surface area contributed by atoms with Gasteiger partial charge in [0.15, 0.2) is 6.61 Å². The number of ether oxygens (including phenoxy) is 1. The Morgan fingerprint density at radius 2 is 1.81 bits per heavy atom. The maximum absolute atomic E-state index is 12.6. The van der Waals surface area contributed by atoms with E-state index in [4.69, 9.17) is 14.4 Å². The zero-order chi connectivity index (χ0) is 19.2. The number of amides is 1. The van der Waals surface area contributed by atoms with Crippen molar-refractivity contribution in [1.29, 1.82) is 5.26 Å². The molecule has 136 valence electrons. The average molecular weight is 362 g/mol. The minimum absolute atomic E-state index is 0.0901. The highest BCUT2D eigenvalue weighted by Crippen LogP contribution is 2.25. The van der Waals surface area contributed by atoms with Gasteiger partial charge in [0.1, 0.15) is 5.58 Å². The number of anilines is 1. The zero-order valence-corrected chi connectivity index (χ0v) is 14.8. The summed E-state index contributed by atoms with van der Waals surface area (Å²) in [6, 6.07) is 18.3. The first-order valence-electron chi connectivity index (χ1n) is 8.49. The summed E-state index contributed by atoms with van der Waals surface area (Å²) in [6.45, 7) is 1.56. The Morgan fingerprint density at radius 1 is 1.11 bits per heavy atom. The number of benzene rings is 2. The van der Waals surface area contributed by atoms with E-state index in [0.717, 1.165) is 5.39 Å². The standard InChI is InChI=1S/C21H18N2O4/c1-15-17-10-5-6-11-18(17)27-20(15)21(25)26-14-19(24)23(13-7-12-22)16-8-3-2-4-9-16/h2-6,8-11H,7,13-14H2,1H3. The SMILES string of the molecule is Cc1c(C(=O)OCC(=O)N(CCC#N)c2ccccc2)oc2ccccc12. The summed E-state index contributed by atoms with van der Waals surface area (Å²) >= 11 is 0. The Hall–Kier alpha value is -3.59. The summed E-state index contributed by atoms with van der Waals surface area (Å²) in [4.78, 5) is 26.4. The third-order valence-corrected chi connectivity index (χ3v) is 4.17. The van der Waals surface area contributed by atoms with Crippen molar-refractivity contribution in [2.24, 2.45) is 0 Å². The van der Waals surface area contributed by atoms with E-state index in [1.165, 1.54) is 4.90 Å². The molecule has 1 heterocycles. The molecule has 0 saturated carbocycles. The van der Waals surface area contributed by atoms with Crippen molar-refractivity contribution in [1.82, 2.24) is 0 Å². The molecule has 0 aliphatic carbocycles. The predicted molar refractivity (Wildman–Crippen MR) is 100 cm³/mol. The fraction of sp³-hybridized carbons (Fsp3) is 0.190. The molecule has 6 heteroatoms. The summed E-state index contributed by atoms with van der Waals surface area (Å²) in [7, 11) is 0. The minimum Gasteiger partial charge on any atom is -0.450 e. The van der Waals surface area contributed by atoms with Gasteiger partial charge in [0.25, 0.3) is 5.91 Å². The Balaban J connectivity index is 1.71. The zero-order valence-electron chi connectivity index (χ0n) is 14.8. The normalized spacial score (nSPS) is 10.4. The molecule has 0 bridgehead atoms. The van der Waals surface area contributed by atoms with Crippen LogP contribution in [-0.2, 0) is 9.53 Å². The van der Waals surface area contributed by atoms with Crippen molar-refractivity contribution >= 4 is 28.5 Å². The molecule has 3 rings (SSSR count). The van der Waals surface area contributed by atoms with Gasteiger partial charge in [-0.25, -0.2) is 4.79 Å². The second-order valence-electron chi connectivity index (χ2n) is 5.92. The van der Waals surface area contributed by atoms with Crippen LogP contribution < -0.4 is 4.90 Å². The van der Waals surface area contributed by atoms with Gasteiger partial charge in [-0.15, -0.1) is 0 Å². The number of para-hydroxylation sites is 2. The maximum atomic E-state index is 12.6. The van der Waals surface area contributed by atoms with Gasteiger partial charge in [-0.2, -0.15) is 5.26 Å². The van der Waals surface area contributed by atoms with Gasteiger partial charge < -0.3 is 14.1 Å². The Morgan fingerprint density at radius 3 is 2.52 bits per heavy atom. The highest BCUT2D eigenvalue weighted by molar-refractivity contribution is 5.99. The van der Waals surface area contributed by atoms with Crippen molar-refractivity contribution in [3.63, 3.8) is 0 Å². The topological polar surface area (TPSA) is 83.5 Å². The fourth-order valence-electron chi connectivity index (χ4n) is 2.81. The number of rotatable bonds is 6. The molecule has 0 spiro atoms. The lowest BCUT2D eigenvalue weighted by Crippen LogP contribution is -2.35. The summed E-state index contributed by atoms with van der Waals surface area (Å²) in [5.41, 5.74) is 1.91. The van der Waals surface area contributed by atoms with E-state index in [0.29, 0.717) is 16.8 Å². The van der Waals surface area contributed by atoms with Crippen LogP contribution in [0.25, 0.3) is 11.0 Å². The van der Waals surface area contributed by atoms with E-state index in [1.807, 2.05) is 30.3 Å². The van der Waals surface area contributed by atoms with Gasteiger partial charge in [0.2, 0.25) is 5.76 Å². The number of nitriles is 1. The van der Waals surface area contributed by atoms with Crippen molar-refractivity contribution in [3.8, 4) is 6.07 Å². The van der Waals surface area contributed by atoms with Gasteiger partial charge in [-0.3, -0.25) is 4.79 Å². The third-order valence-electron chi connectivity index (χ3n) is 4.17. The largest absolute Gasteiger partial charge is 0.450 e. The molecule has 1 amide bonds. The lowest BCUT2D eigenvalue weighted by atomic mass is 10.1. The highest BCUT2D eigenvalue weighted by atomic mass is 16.5. The van der Waals surface area contributed by atoms with E-state index in [1.54, 1.807) is 37.3 Å². The van der Waals surface area contributed by atoms with Crippen LogP contribution in [0.4, 0.5) is 5.69 Å². The molecule has 0 fully saturated rings. The summed E-state index contributed by atoms with van der Waals surface area (Å²) in [6.07, 6.45) is 0.178. The van der Waals surface area contributed by atoms with E-state index < -0.39 is 18.5 Å². The highest BCUT2D eigenvalue weighted by Gasteiger charge is 2.22. The van der Waals surface area contributed by atoms with Crippen LogP contribution in [0.3, 0.4) is 0 Å². The molecule has 0 aliphatic rings. The number of hydrogen-bond acceptors (Lipinski definition) is 5. The molecular weight excluding hydrogens is 344 g/mol. The maximum Gasteiger partial charge on any atom is 0.375 e. The van der Waals surface area contributed by atoms with E-state index in [-0.39, 0.29) is 18.7 Å². The first-order chi connectivity index (χ1) is 13.1. The van der Waals surface area contributed by atoms with E-state index in [9.17, 15) is 9.59 Å². The molecule has 0 N–H and O–H groups in total. The van der Waals surface area contributed by atoms with E-state index >= 15 is 0 Å². The predicted octanol–water partition coefficient (Wildman–Crippen LogP) is 3.84. The Labute approximate surface area is 156 Å². The number of fused-ring (bicyclic) bond motifs is 1. The number of aryl methyl sites for hydroxylation is 1. The average Bonchev–Trinajstić information content (AvgIpc) is 3.04. The van der Waals surface area contributed by atoms with Crippen LogP contribution in [0.1, 0.15) is 22.5 Å². The number of carbonyl (C=O) groups excluding carboxylic acids is 2. The lowest BCUT2D eigenvalue weighted by molar-refractivity contribution is -0.121. The van der Waals surface area contributed by atoms with Gasteiger partial charge in [-0.05, 0) is 25.1 Å². The minimum atomic E-state index is -0.689. The number of nitrogens with zero attached hydrogens (tertiary/aromatic N) is 2. The van der Waals surface area contributed by atoms with Crippen LogP contribution in [0.15, 0.2) is 59.0 Å². The van der Waals surface area contributed by atoms with Crippen LogP contribution in [0, 0.1) is 18.3 Å². The van der Waals surface area contributed by atoms with Gasteiger partial charge >= 0.3 is 5.97 Å². The Kier molecular flexibility index (Phi) is 5.53. The molecule has 27 heavy (non-hydrogen) atoms. The molecule has 3 aromatic rings. The molecule has 2 aromatic carbocycles. The summed E-state index contributed by atoms with van der Waals surface area (Å²) < 4.78 is 10.7. The van der Waals surface area contributed by atoms with Crippen LogP contribution >= 0.6 is 0 Å². The smallest absolute Gasteiger partial charge is 0.375 e. The molecule has 1 aromatic heterocycles.